The second-order valence-electron chi connectivity index (χ2n) is 5.47. The Kier molecular flexibility index (Phi) is 2.92. The van der Waals surface area contributed by atoms with E-state index in [-0.39, 0.29) is 16.0 Å². The first kappa shape index (κ1) is 14.6. The highest BCUT2D eigenvalue weighted by atomic mass is 32.1. The average molecular weight is 340 g/mol. The molecule has 2 aromatic rings. The predicted octanol–water partition coefficient (Wildman–Crippen LogP) is 1.49. The van der Waals surface area contributed by atoms with Crippen LogP contribution in [0.4, 0.5) is 0 Å². The van der Waals surface area contributed by atoms with Crippen LogP contribution in [-0.2, 0) is 14.3 Å². The van der Waals surface area contributed by atoms with Crippen molar-refractivity contribution >= 4 is 40.4 Å². The summed E-state index contributed by atoms with van der Waals surface area (Å²) in [5, 5.41) is 1.62. The van der Waals surface area contributed by atoms with E-state index in [0.29, 0.717) is 0 Å². The molecule has 118 valence electrons. The Balaban J connectivity index is 1.92. The van der Waals surface area contributed by atoms with Crippen LogP contribution < -0.4 is 0 Å². The number of hydrogen-bond acceptors (Lipinski definition) is 7. The summed E-state index contributed by atoms with van der Waals surface area (Å²) in [5.74, 6) is -6.68. The van der Waals surface area contributed by atoms with Gasteiger partial charge in [-0.15, -0.1) is 11.3 Å². The molecule has 4 rings (SSSR count). The Labute approximate surface area is 139 Å². The molecule has 1 saturated heterocycles. The first-order chi connectivity index (χ1) is 11.5. The van der Waals surface area contributed by atoms with Crippen LogP contribution in [0.2, 0.25) is 0 Å². The molecular weight excluding hydrogens is 332 g/mol. The minimum atomic E-state index is -2.40. The standard InChI is InChI=1S/C17H8O6S/c18-12(10-6-3-7-24-10)11-13(19)16(22)23-17(11)14(20)8-4-1-2-5-9(8)15(17)21/h1-7,11H. The maximum Gasteiger partial charge on any atom is 0.377 e. The Morgan fingerprint density at radius 1 is 0.958 bits per heavy atom. The monoisotopic (exact) mass is 340 g/mol. The molecule has 1 aliphatic heterocycles. The number of rotatable bonds is 2. The Morgan fingerprint density at radius 3 is 2.12 bits per heavy atom. The summed E-state index contributed by atoms with van der Waals surface area (Å²) in [5.41, 5.74) is -2.30. The summed E-state index contributed by atoms with van der Waals surface area (Å²) in [4.78, 5) is 62.6. The lowest BCUT2D eigenvalue weighted by Gasteiger charge is -2.22. The van der Waals surface area contributed by atoms with Gasteiger partial charge in [0.15, 0.2) is 5.78 Å². The van der Waals surface area contributed by atoms with Gasteiger partial charge in [0, 0.05) is 11.1 Å². The lowest BCUT2D eigenvalue weighted by molar-refractivity contribution is -0.149. The molecule has 6 nitrogen and oxygen atoms in total. The number of benzene rings is 1. The van der Waals surface area contributed by atoms with E-state index in [1.54, 1.807) is 23.6 Å². The highest BCUT2D eigenvalue weighted by molar-refractivity contribution is 7.12. The second-order valence-corrected chi connectivity index (χ2v) is 6.42. The van der Waals surface area contributed by atoms with Gasteiger partial charge in [0.05, 0.1) is 4.88 Å². The molecule has 1 unspecified atom stereocenters. The van der Waals surface area contributed by atoms with Crippen molar-refractivity contribution in [2.75, 3.05) is 0 Å². The number of ketones is 4. The van der Waals surface area contributed by atoms with Crippen molar-refractivity contribution in [3.8, 4) is 0 Å². The van der Waals surface area contributed by atoms with E-state index < -0.39 is 40.6 Å². The fraction of sp³-hybridized carbons (Fsp3) is 0.118. The molecule has 1 aromatic heterocycles. The van der Waals surface area contributed by atoms with Crippen LogP contribution in [0.3, 0.4) is 0 Å². The molecule has 1 aromatic carbocycles. The Bertz CT molecular complexity index is 905. The van der Waals surface area contributed by atoms with E-state index in [9.17, 15) is 24.0 Å². The molecule has 2 heterocycles. The van der Waals surface area contributed by atoms with Gasteiger partial charge in [0.1, 0.15) is 5.92 Å². The molecule has 0 amide bonds. The van der Waals surface area contributed by atoms with Crippen LogP contribution in [0.1, 0.15) is 30.4 Å². The molecule has 1 fully saturated rings. The van der Waals surface area contributed by atoms with Crippen LogP contribution >= 0.6 is 11.3 Å². The van der Waals surface area contributed by atoms with Gasteiger partial charge in [-0.25, -0.2) is 4.79 Å². The number of thiophene rings is 1. The summed E-state index contributed by atoms with van der Waals surface area (Å²) in [7, 11) is 0. The molecule has 7 heteroatoms. The second kappa shape index (κ2) is 4.78. The molecule has 0 bridgehead atoms. The van der Waals surface area contributed by atoms with Crippen molar-refractivity contribution in [3.63, 3.8) is 0 Å². The minimum Gasteiger partial charge on any atom is -0.435 e. The van der Waals surface area contributed by atoms with Crippen molar-refractivity contribution in [1.29, 1.82) is 0 Å². The van der Waals surface area contributed by atoms with E-state index in [2.05, 4.69) is 0 Å². The molecule has 0 radical (unpaired) electrons. The van der Waals surface area contributed by atoms with Crippen molar-refractivity contribution in [3.05, 3.63) is 57.8 Å². The molecule has 0 saturated carbocycles. The quantitative estimate of drug-likeness (QED) is 0.356. The van der Waals surface area contributed by atoms with E-state index in [1.165, 1.54) is 18.2 Å². The van der Waals surface area contributed by atoms with Crippen molar-refractivity contribution in [2.45, 2.75) is 5.60 Å². The first-order valence-corrected chi connectivity index (χ1v) is 7.90. The zero-order valence-corrected chi connectivity index (χ0v) is 12.8. The number of carbonyl (C=O) groups is 5. The van der Waals surface area contributed by atoms with E-state index in [0.717, 1.165) is 11.3 Å². The predicted molar refractivity (Wildman–Crippen MR) is 81.1 cm³/mol. The largest absolute Gasteiger partial charge is 0.435 e. The number of fused-ring (bicyclic) bond motifs is 1. The molecule has 1 aliphatic carbocycles. The van der Waals surface area contributed by atoms with Gasteiger partial charge < -0.3 is 4.74 Å². The number of carbonyl (C=O) groups excluding carboxylic acids is 5. The zero-order valence-electron chi connectivity index (χ0n) is 12.0. The maximum atomic E-state index is 12.8. The molecular formula is C17H8O6S. The Hall–Kier alpha value is -2.93. The van der Waals surface area contributed by atoms with Crippen molar-refractivity contribution in [1.82, 2.24) is 0 Å². The lowest BCUT2D eigenvalue weighted by atomic mass is 9.79. The Morgan fingerprint density at radius 2 is 1.58 bits per heavy atom. The van der Waals surface area contributed by atoms with Crippen LogP contribution in [0.5, 0.6) is 0 Å². The fourth-order valence-corrected chi connectivity index (χ4v) is 3.85. The zero-order chi connectivity index (χ0) is 17.1. The summed E-state index contributed by atoms with van der Waals surface area (Å²) in [6, 6.07) is 8.99. The van der Waals surface area contributed by atoms with E-state index >= 15 is 0 Å². The van der Waals surface area contributed by atoms with Gasteiger partial charge >= 0.3 is 5.97 Å². The molecule has 1 spiro atoms. The third-order valence-corrected chi connectivity index (χ3v) is 5.13. The first-order valence-electron chi connectivity index (χ1n) is 7.02. The van der Waals surface area contributed by atoms with Crippen LogP contribution in [0, 0.1) is 5.92 Å². The van der Waals surface area contributed by atoms with Crippen LogP contribution in [0.15, 0.2) is 41.8 Å². The normalized spacial score (nSPS) is 21.2. The smallest absolute Gasteiger partial charge is 0.377 e. The van der Waals surface area contributed by atoms with Crippen LogP contribution in [-0.4, -0.2) is 34.7 Å². The summed E-state index contributed by atoms with van der Waals surface area (Å²) >= 11 is 1.06. The molecule has 2 aliphatic rings. The van der Waals surface area contributed by atoms with Crippen LogP contribution in [0.25, 0.3) is 0 Å². The van der Waals surface area contributed by atoms with E-state index in [1.807, 2.05) is 0 Å². The van der Waals surface area contributed by atoms with Gasteiger partial charge in [0.2, 0.25) is 11.6 Å². The fourth-order valence-electron chi connectivity index (χ4n) is 3.16. The molecule has 24 heavy (non-hydrogen) atoms. The summed E-state index contributed by atoms with van der Waals surface area (Å²) in [6.45, 7) is 0. The number of ether oxygens (including phenoxy) is 1. The molecule has 0 N–H and O–H groups in total. The average Bonchev–Trinajstić information content (AvgIpc) is 3.25. The highest BCUT2D eigenvalue weighted by Crippen LogP contribution is 2.44. The van der Waals surface area contributed by atoms with Crippen molar-refractivity contribution < 1.29 is 28.7 Å². The number of esters is 1. The summed E-state index contributed by atoms with van der Waals surface area (Å²) in [6.07, 6.45) is 0. The van der Waals surface area contributed by atoms with Gasteiger partial charge in [-0.1, -0.05) is 30.3 Å². The third-order valence-electron chi connectivity index (χ3n) is 4.24. The third kappa shape index (κ3) is 1.62. The highest BCUT2D eigenvalue weighted by Gasteiger charge is 2.70. The maximum absolute atomic E-state index is 12.8. The van der Waals surface area contributed by atoms with Gasteiger partial charge in [-0.3, -0.25) is 19.2 Å². The van der Waals surface area contributed by atoms with E-state index in [4.69, 9.17) is 4.74 Å². The number of hydrogen-bond donors (Lipinski definition) is 0. The SMILES string of the molecule is O=C1OC2(C(=O)c3ccccc3C2=O)C(C(=O)c2cccs2)C1=O. The van der Waals surface area contributed by atoms with Gasteiger partial charge in [-0.05, 0) is 11.4 Å². The topological polar surface area (TPSA) is 94.6 Å². The van der Waals surface area contributed by atoms with Crippen molar-refractivity contribution in [2.24, 2.45) is 5.92 Å². The van der Waals surface area contributed by atoms with Gasteiger partial charge in [-0.2, -0.15) is 0 Å². The van der Waals surface area contributed by atoms with Gasteiger partial charge in [0.25, 0.3) is 11.4 Å². The lowest BCUT2D eigenvalue weighted by Crippen LogP contribution is -2.50. The molecule has 1 atom stereocenters. The summed E-state index contributed by atoms with van der Waals surface area (Å²) < 4.78 is 4.96. The number of Topliss-reactive ketones (excluding diaryl/α,β-unsaturated/α-hetero) is 4. The minimum absolute atomic E-state index is 0.0500.